The van der Waals surface area contributed by atoms with E-state index < -0.39 is 35.7 Å². The third-order valence-electron chi connectivity index (χ3n) is 2.70. The van der Waals surface area contributed by atoms with Crippen LogP contribution in [0.1, 0.15) is 40.0 Å². The van der Waals surface area contributed by atoms with Gasteiger partial charge in [0.15, 0.2) is 0 Å². The lowest BCUT2D eigenvalue weighted by Crippen LogP contribution is -2.51. The van der Waals surface area contributed by atoms with Crippen molar-refractivity contribution < 1.29 is 28.7 Å². The second-order valence-corrected chi connectivity index (χ2v) is 5.97. The molecule has 0 aromatic rings. The van der Waals surface area contributed by atoms with E-state index in [-0.39, 0.29) is 19.3 Å². The van der Waals surface area contributed by atoms with Crippen LogP contribution in [0.15, 0.2) is 0 Å². The van der Waals surface area contributed by atoms with E-state index >= 15 is 0 Å². The van der Waals surface area contributed by atoms with Crippen LogP contribution in [0.2, 0.25) is 0 Å². The molecule has 0 fully saturated rings. The minimum atomic E-state index is -1.07. The fraction of sp³-hybridized carbons (Fsp3) is 0.625. The molecule has 0 aliphatic heterocycles. The molecule has 0 aromatic heterocycles. The molecule has 0 heterocycles. The Morgan fingerprint density at radius 2 is 1.88 bits per heavy atom. The molecule has 2 amide bonds. The lowest BCUT2D eigenvalue weighted by atomic mass is 10.1. The number of terminal acetylenes is 1. The minimum Gasteiger partial charge on any atom is -0.469 e. The molecule has 0 aromatic carbocycles. The molecule has 24 heavy (non-hydrogen) atoms. The Morgan fingerprint density at radius 3 is 2.33 bits per heavy atom. The number of ether oxygens (including phenoxy) is 2. The van der Waals surface area contributed by atoms with Crippen LogP contribution >= 0.6 is 0 Å². The molecular formula is C16H24N2O6. The van der Waals surface area contributed by atoms with Crippen molar-refractivity contribution in [1.29, 1.82) is 0 Å². The highest BCUT2D eigenvalue weighted by molar-refractivity contribution is 5.88. The van der Waals surface area contributed by atoms with E-state index in [9.17, 15) is 19.2 Å². The predicted molar refractivity (Wildman–Crippen MR) is 85.9 cm³/mol. The van der Waals surface area contributed by atoms with Gasteiger partial charge in [0.1, 0.15) is 17.9 Å². The summed E-state index contributed by atoms with van der Waals surface area (Å²) in [5.74, 6) is 1.09. The Labute approximate surface area is 141 Å². The first-order valence-electron chi connectivity index (χ1n) is 7.38. The number of methoxy groups -OCH3 is 1. The van der Waals surface area contributed by atoms with Crippen molar-refractivity contribution in [1.82, 2.24) is 10.6 Å². The zero-order valence-corrected chi connectivity index (χ0v) is 14.4. The van der Waals surface area contributed by atoms with Crippen LogP contribution < -0.4 is 10.6 Å². The molecule has 134 valence electrons. The molecule has 0 aliphatic rings. The smallest absolute Gasteiger partial charge is 0.408 e. The molecule has 0 aliphatic carbocycles. The summed E-state index contributed by atoms with van der Waals surface area (Å²) in [7, 11) is 1.22. The monoisotopic (exact) mass is 340 g/mol. The summed E-state index contributed by atoms with van der Waals surface area (Å²) in [4.78, 5) is 46.2. The van der Waals surface area contributed by atoms with Crippen LogP contribution in [-0.2, 0) is 23.9 Å². The SMILES string of the molecule is C#CC[C@@H](C=O)NC(=O)[C@H](CCC(=O)OC)NC(=O)OC(C)(C)C. The molecule has 0 saturated carbocycles. The highest BCUT2D eigenvalue weighted by atomic mass is 16.6. The van der Waals surface area contributed by atoms with Crippen LogP contribution in [0, 0.1) is 12.3 Å². The van der Waals surface area contributed by atoms with E-state index in [0.717, 1.165) is 0 Å². The molecule has 0 rings (SSSR count). The molecule has 8 nitrogen and oxygen atoms in total. The molecular weight excluding hydrogens is 316 g/mol. The summed E-state index contributed by atoms with van der Waals surface area (Å²) >= 11 is 0. The number of carbonyl (C=O) groups excluding carboxylic acids is 4. The van der Waals surface area contributed by atoms with Gasteiger partial charge >= 0.3 is 12.1 Å². The number of esters is 1. The standard InChI is InChI=1S/C16H24N2O6/c1-6-7-11(10-19)17-14(21)12(8-9-13(20)23-5)18-15(22)24-16(2,3)4/h1,10-12H,7-9H2,2-5H3,(H,17,21)(H,18,22)/t11-,12-/m0/s1. The lowest BCUT2D eigenvalue weighted by Gasteiger charge is -2.23. The van der Waals surface area contributed by atoms with E-state index in [1.165, 1.54) is 7.11 Å². The zero-order chi connectivity index (χ0) is 18.8. The first kappa shape index (κ1) is 21.4. The van der Waals surface area contributed by atoms with Gasteiger partial charge in [-0.2, -0.15) is 0 Å². The summed E-state index contributed by atoms with van der Waals surface area (Å²) < 4.78 is 9.59. The van der Waals surface area contributed by atoms with Gasteiger partial charge in [-0.15, -0.1) is 12.3 Å². The quantitative estimate of drug-likeness (QED) is 0.379. The Bertz CT molecular complexity index is 504. The topological polar surface area (TPSA) is 111 Å². The summed E-state index contributed by atoms with van der Waals surface area (Å²) in [6.45, 7) is 5.02. The normalized spacial score (nSPS) is 13.0. The summed E-state index contributed by atoms with van der Waals surface area (Å²) in [6, 6.07) is -1.94. The molecule has 0 saturated heterocycles. The molecule has 8 heteroatoms. The number of rotatable bonds is 8. The van der Waals surface area contributed by atoms with Gasteiger partial charge in [0, 0.05) is 12.8 Å². The number of alkyl carbamates (subject to hydrolysis) is 1. The van der Waals surface area contributed by atoms with Crippen molar-refractivity contribution >= 4 is 24.3 Å². The number of hydrogen-bond acceptors (Lipinski definition) is 6. The number of amides is 2. The van der Waals surface area contributed by atoms with E-state index in [1.54, 1.807) is 20.8 Å². The zero-order valence-electron chi connectivity index (χ0n) is 14.4. The maximum Gasteiger partial charge on any atom is 0.408 e. The molecule has 2 N–H and O–H groups in total. The van der Waals surface area contributed by atoms with E-state index in [2.05, 4.69) is 21.3 Å². The van der Waals surface area contributed by atoms with E-state index in [0.29, 0.717) is 6.29 Å². The van der Waals surface area contributed by atoms with Crippen LogP contribution in [0.5, 0.6) is 0 Å². The highest BCUT2D eigenvalue weighted by Gasteiger charge is 2.26. The highest BCUT2D eigenvalue weighted by Crippen LogP contribution is 2.08. The Hall–Kier alpha value is -2.56. The fourth-order valence-electron chi connectivity index (χ4n) is 1.63. The Kier molecular flexibility index (Phi) is 9.16. The van der Waals surface area contributed by atoms with Crippen LogP contribution in [0.4, 0.5) is 4.79 Å². The third kappa shape index (κ3) is 9.46. The number of aldehydes is 1. The van der Waals surface area contributed by atoms with Crippen LogP contribution in [0.25, 0.3) is 0 Å². The van der Waals surface area contributed by atoms with Crippen molar-refractivity contribution in [3.63, 3.8) is 0 Å². The minimum absolute atomic E-state index is 0.0145. The number of nitrogens with one attached hydrogen (secondary N) is 2. The lowest BCUT2D eigenvalue weighted by molar-refractivity contribution is -0.141. The average molecular weight is 340 g/mol. The second-order valence-electron chi connectivity index (χ2n) is 5.97. The van der Waals surface area contributed by atoms with Gasteiger partial charge in [0.2, 0.25) is 5.91 Å². The van der Waals surface area contributed by atoms with Crippen LogP contribution in [-0.4, -0.2) is 49.1 Å². The maximum atomic E-state index is 12.2. The van der Waals surface area contributed by atoms with Gasteiger partial charge in [-0.05, 0) is 27.2 Å². The van der Waals surface area contributed by atoms with E-state index in [1.807, 2.05) is 0 Å². The second kappa shape index (κ2) is 10.3. The van der Waals surface area contributed by atoms with Crippen molar-refractivity contribution in [3.05, 3.63) is 0 Å². The summed E-state index contributed by atoms with van der Waals surface area (Å²) in [5.41, 5.74) is -0.748. The summed E-state index contributed by atoms with van der Waals surface area (Å²) in [5, 5.41) is 4.78. The first-order chi connectivity index (χ1) is 11.1. The van der Waals surface area contributed by atoms with Gasteiger partial charge in [-0.1, -0.05) is 0 Å². The fourth-order valence-corrected chi connectivity index (χ4v) is 1.63. The summed E-state index contributed by atoms with van der Waals surface area (Å²) in [6.07, 6.45) is 4.71. The van der Waals surface area contributed by atoms with Crippen molar-refractivity contribution in [2.24, 2.45) is 0 Å². The molecule has 0 spiro atoms. The van der Waals surface area contributed by atoms with Gasteiger partial charge in [-0.3, -0.25) is 9.59 Å². The van der Waals surface area contributed by atoms with Gasteiger partial charge < -0.3 is 24.9 Å². The predicted octanol–water partition coefficient (Wildman–Crippen LogP) is 0.540. The Morgan fingerprint density at radius 1 is 1.25 bits per heavy atom. The van der Waals surface area contributed by atoms with E-state index in [4.69, 9.17) is 11.2 Å². The van der Waals surface area contributed by atoms with Gasteiger partial charge in [0.05, 0.1) is 13.2 Å². The average Bonchev–Trinajstić information content (AvgIpc) is 2.48. The number of carbonyl (C=O) groups is 4. The van der Waals surface area contributed by atoms with Gasteiger partial charge in [-0.25, -0.2) is 4.79 Å². The molecule has 2 atom stereocenters. The molecule has 0 radical (unpaired) electrons. The van der Waals surface area contributed by atoms with Gasteiger partial charge in [0.25, 0.3) is 0 Å². The maximum absolute atomic E-state index is 12.2. The first-order valence-corrected chi connectivity index (χ1v) is 7.38. The largest absolute Gasteiger partial charge is 0.469 e. The van der Waals surface area contributed by atoms with Crippen molar-refractivity contribution in [2.45, 2.75) is 57.7 Å². The van der Waals surface area contributed by atoms with Crippen LogP contribution in [0.3, 0.4) is 0 Å². The third-order valence-corrected chi connectivity index (χ3v) is 2.70. The van der Waals surface area contributed by atoms with Crippen molar-refractivity contribution in [3.8, 4) is 12.3 Å². The molecule has 0 bridgehead atoms. The molecule has 0 unspecified atom stereocenters. The van der Waals surface area contributed by atoms with Crippen molar-refractivity contribution in [2.75, 3.05) is 7.11 Å². The number of hydrogen-bond donors (Lipinski definition) is 2. The Balaban J connectivity index is 4.93.